The first-order valence-corrected chi connectivity index (χ1v) is 9.26. The maximum absolute atomic E-state index is 12.5. The maximum Gasteiger partial charge on any atom is 0.416 e. The minimum atomic E-state index is -4.35. The van der Waals surface area contributed by atoms with E-state index in [1.165, 1.54) is 12.1 Å². The number of benzene rings is 1. The van der Waals surface area contributed by atoms with E-state index in [1.54, 1.807) is 7.05 Å². The van der Waals surface area contributed by atoms with Crippen molar-refractivity contribution in [3.8, 4) is 5.75 Å². The highest BCUT2D eigenvalue weighted by Crippen LogP contribution is 2.30. The normalized spacial score (nSPS) is 17.8. The minimum Gasteiger partial charge on any atom is -0.492 e. The van der Waals surface area contributed by atoms with Crippen molar-refractivity contribution in [2.45, 2.75) is 32.5 Å². The molecular weight excluding hydrogens is 373 g/mol. The third-order valence-electron chi connectivity index (χ3n) is 4.40. The van der Waals surface area contributed by atoms with E-state index in [4.69, 9.17) is 4.74 Å². The first kappa shape index (κ1) is 21.8. The van der Waals surface area contributed by atoms with E-state index >= 15 is 0 Å². The Hall–Kier alpha value is -2.45. The summed E-state index contributed by atoms with van der Waals surface area (Å²) >= 11 is 0. The summed E-state index contributed by atoms with van der Waals surface area (Å²) in [5, 5.41) is 6.38. The highest BCUT2D eigenvalue weighted by molar-refractivity contribution is 5.81. The zero-order valence-corrected chi connectivity index (χ0v) is 16.3. The number of alkyl halides is 3. The van der Waals surface area contributed by atoms with Gasteiger partial charge in [-0.1, -0.05) is 13.8 Å². The SMILES string of the molecule is CN=C(NCCOc1ccc(C(F)(F)F)cc1)NC1CCN(C(=O)C(C)C)C1. The number of rotatable bonds is 6. The molecule has 0 aliphatic carbocycles. The fourth-order valence-electron chi connectivity index (χ4n) is 2.91. The van der Waals surface area contributed by atoms with Crippen LogP contribution in [0, 0.1) is 5.92 Å². The molecule has 2 rings (SSSR count). The fraction of sp³-hybridized carbons (Fsp3) is 0.579. The average Bonchev–Trinajstić information content (AvgIpc) is 3.11. The molecule has 0 aromatic heterocycles. The lowest BCUT2D eigenvalue weighted by Gasteiger charge is -2.20. The van der Waals surface area contributed by atoms with Crippen molar-refractivity contribution in [3.05, 3.63) is 29.8 Å². The number of hydrogen-bond donors (Lipinski definition) is 2. The Balaban J connectivity index is 1.71. The van der Waals surface area contributed by atoms with Crippen LogP contribution in [0.2, 0.25) is 0 Å². The summed E-state index contributed by atoms with van der Waals surface area (Å²) in [7, 11) is 1.65. The van der Waals surface area contributed by atoms with Crippen molar-refractivity contribution in [3.63, 3.8) is 0 Å². The number of carbonyl (C=O) groups excluding carboxylic acids is 1. The number of aliphatic imine (C=N–C) groups is 1. The summed E-state index contributed by atoms with van der Waals surface area (Å²) < 4.78 is 43.1. The van der Waals surface area contributed by atoms with Crippen LogP contribution in [-0.2, 0) is 11.0 Å². The van der Waals surface area contributed by atoms with E-state index in [2.05, 4.69) is 15.6 Å². The van der Waals surface area contributed by atoms with E-state index < -0.39 is 11.7 Å². The van der Waals surface area contributed by atoms with Gasteiger partial charge in [0, 0.05) is 32.1 Å². The van der Waals surface area contributed by atoms with Crippen molar-refractivity contribution >= 4 is 11.9 Å². The van der Waals surface area contributed by atoms with E-state index in [0.29, 0.717) is 24.8 Å². The molecule has 0 spiro atoms. The van der Waals surface area contributed by atoms with Crippen molar-refractivity contribution in [1.29, 1.82) is 0 Å². The van der Waals surface area contributed by atoms with Gasteiger partial charge in [-0.2, -0.15) is 13.2 Å². The van der Waals surface area contributed by atoms with Gasteiger partial charge in [0.05, 0.1) is 12.1 Å². The molecule has 1 aliphatic rings. The Morgan fingerprint density at radius 2 is 2.00 bits per heavy atom. The summed E-state index contributed by atoms with van der Waals surface area (Å²) in [6.07, 6.45) is -3.50. The van der Waals surface area contributed by atoms with Crippen LogP contribution in [0.1, 0.15) is 25.8 Å². The smallest absolute Gasteiger partial charge is 0.416 e. The molecule has 0 saturated carbocycles. The number of halogens is 3. The standard InChI is InChI=1S/C19H27F3N4O2/c1-13(2)17(27)26-10-8-15(12-26)25-18(23-3)24-9-11-28-16-6-4-14(5-7-16)19(20,21)22/h4-7,13,15H,8-12H2,1-3H3,(H2,23,24,25). The summed E-state index contributed by atoms with van der Waals surface area (Å²) in [5.41, 5.74) is -0.705. The first-order chi connectivity index (χ1) is 13.2. The van der Waals surface area contributed by atoms with Crippen molar-refractivity contribution in [2.75, 3.05) is 33.3 Å². The van der Waals surface area contributed by atoms with E-state index in [9.17, 15) is 18.0 Å². The summed E-state index contributed by atoms with van der Waals surface area (Å²) in [4.78, 5) is 18.0. The molecule has 0 radical (unpaired) electrons. The lowest BCUT2D eigenvalue weighted by atomic mass is 10.2. The number of hydrogen-bond acceptors (Lipinski definition) is 3. The Morgan fingerprint density at radius 1 is 1.32 bits per heavy atom. The van der Waals surface area contributed by atoms with Gasteiger partial charge in [0.25, 0.3) is 0 Å². The van der Waals surface area contributed by atoms with E-state index in [1.807, 2.05) is 18.7 Å². The van der Waals surface area contributed by atoms with Crippen LogP contribution in [-0.4, -0.2) is 56.1 Å². The minimum absolute atomic E-state index is 0.0152. The lowest BCUT2D eigenvalue weighted by molar-refractivity contribution is -0.137. The first-order valence-electron chi connectivity index (χ1n) is 9.26. The molecule has 1 fully saturated rings. The predicted molar refractivity (Wildman–Crippen MR) is 101 cm³/mol. The monoisotopic (exact) mass is 400 g/mol. The van der Waals surface area contributed by atoms with Gasteiger partial charge >= 0.3 is 6.18 Å². The van der Waals surface area contributed by atoms with Gasteiger partial charge in [0.1, 0.15) is 12.4 Å². The topological polar surface area (TPSA) is 66.0 Å². The quantitative estimate of drug-likeness (QED) is 0.438. The Labute approximate surface area is 163 Å². The molecule has 9 heteroatoms. The number of nitrogens with one attached hydrogen (secondary N) is 2. The number of ether oxygens (including phenoxy) is 1. The van der Waals surface area contributed by atoms with Crippen LogP contribution in [0.15, 0.2) is 29.3 Å². The number of likely N-dealkylation sites (tertiary alicyclic amines) is 1. The van der Waals surface area contributed by atoms with Gasteiger partial charge in [0.2, 0.25) is 5.91 Å². The van der Waals surface area contributed by atoms with Crippen molar-refractivity contribution in [2.24, 2.45) is 10.9 Å². The summed E-state index contributed by atoms with van der Waals surface area (Å²) in [6, 6.07) is 4.72. The molecule has 1 unspecified atom stereocenters. The van der Waals surface area contributed by atoms with Crippen LogP contribution >= 0.6 is 0 Å². The molecule has 156 valence electrons. The largest absolute Gasteiger partial charge is 0.492 e. The van der Waals surface area contributed by atoms with Gasteiger partial charge in [-0.05, 0) is 30.7 Å². The van der Waals surface area contributed by atoms with Gasteiger partial charge in [-0.3, -0.25) is 9.79 Å². The third-order valence-corrected chi connectivity index (χ3v) is 4.40. The molecule has 1 aromatic carbocycles. The second-order valence-corrected chi connectivity index (χ2v) is 6.94. The number of nitrogens with zero attached hydrogens (tertiary/aromatic N) is 2. The fourth-order valence-corrected chi connectivity index (χ4v) is 2.91. The molecule has 0 bridgehead atoms. The van der Waals surface area contributed by atoms with E-state index in [-0.39, 0.29) is 24.5 Å². The molecule has 6 nitrogen and oxygen atoms in total. The van der Waals surface area contributed by atoms with Crippen molar-refractivity contribution < 1.29 is 22.7 Å². The molecular formula is C19H27F3N4O2. The zero-order chi connectivity index (χ0) is 20.7. The van der Waals surface area contributed by atoms with Gasteiger partial charge in [-0.15, -0.1) is 0 Å². The Bertz CT molecular complexity index is 675. The third kappa shape index (κ3) is 6.31. The predicted octanol–water partition coefficient (Wildman–Crippen LogP) is 2.51. The highest BCUT2D eigenvalue weighted by Gasteiger charge is 2.30. The molecule has 1 aromatic rings. The second-order valence-electron chi connectivity index (χ2n) is 6.94. The number of amides is 1. The Kier molecular flexibility index (Phi) is 7.53. The zero-order valence-electron chi connectivity index (χ0n) is 16.3. The summed E-state index contributed by atoms with van der Waals surface area (Å²) in [6.45, 7) is 5.85. The summed E-state index contributed by atoms with van der Waals surface area (Å²) in [5.74, 6) is 1.10. The van der Waals surface area contributed by atoms with E-state index in [0.717, 1.165) is 25.1 Å². The maximum atomic E-state index is 12.5. The molecule has 1 atom stereocenters. The average molecular weight is 400 g/mol. The van der Waals surface area contributed by atoms with Crippen LogP contribution in [0.3, 0.4) is 0 Å². The molecule has 1 amide bonds. The van der Waals surface area contributed by atoms with Gasteiger partial charge in [-0.25, -0.2) is 0 Å². The van der Waals surface area contributed by atoms with Crippen LogP contribution in [0.25, 0.3) is 0 Å². The molecule has 28 heavy (non-hydrogen) atoms. The lowest BCUT2D eigenvalue weighted by Crippen LogP contribution is -2.46. The van der Waals surface area contributed by atoms with Gasteiger partial charge < -0.3 is 20.3 Å². The highest BCUT2D eigenvalue weighted by atomic mass is 19.4. The Morgan fingerprint density at radius 3 is 2.57 bits per heavy atom. The molecule has 1 saturated heterocycles. The number of guanidine groups is 1. The van der Waals surface area contributed by atoms with Crippen LogP contribution < -0.4 is 15.4 Å². The molecule has 1 aliphatic heterocycles. The van der Waals surface area contributed by atoms with Crippen molar-refractivity contribution in [1.82, 2.24) is 15.5 Å². The van der Waals surface area contributed by atoms with Crippen LogP contribution in [0.4, 0.5) is 13.2 Å². The number of carbonyl (C=O) groups is 1. The molecule has 2 N–H and O–H groups in total. The molecule has 1 heterocycles. The second kappa shape index (κ2) is 9.66. The van der Waals surface area contributed by atoms with Gasteiger partial charge in [0.15, 0.2) is 5.96 Å². The van der Waals surface area contributed by atoms with Crippen LogP contribution in [0.5, 0.6) is 5.75 Å².